The minimum absolute atomic E-state index is 0.316. The van der Waals surface area contributed by atoms with Crippen LogP contribution >= 0.6 is 0 Å². The summed E-state index contributed by atoms with van der Waals surface area (Å²) in [7, 11) is 0. The number of nitrogens with zero attached hydrogens (tertiary/aromatic N) is 2. The van der Waals surface area contributed by atoms with Crippen molar-refractivity contribution in [1.29, 1.82) is 0 Å². The van der Waals surface area contributed by atoms with Crippen LogP contribution in [-0.2, 0) is 19.1 Å². The number of hydrogen-bond donors (Lipinski definition) is 1. The molecule has 1 atom stereocenters. The molecule has 1 aliphatic carbocycles. The zero-order valence-corrected chi connectivity index (χ0v) is 22.6. The van der Waals surface area contributed by atoms with E-state index >= 15 is 0 Å². The van der Waals surface area contributed by atoms with Crippen molar-refractivity contribution in [3.63, 3.8) is 0 Å². The average molecular weight is 514 g/mol. The van der Waals surface area contributed by atoms with Crippen molar-refractivity contribution in [3.8, 4) is 0 Å². The first-order valence-corrected chi connectivity index (χ1v) is 14.2. The second-order valence-corrected chi connectivity index (χ2v) is 11.9. The fraction of sp³-hybridized carbons (Fsp3) is 0.613. The Bertz CT molecular complexity index is 1070. The van der Waals surface area contributed by atoms with E-state index in [2.05, 4.69) is 53.2 Å². The Morgan fingerprint density at radius 1 is 1.03 bits per heavy atom. The van der Waals surface area contributed by atoms with Crippen LogP contribution in [0.1, 0.15) is 86.2 Å². The van der Waals surface area contributed by atoms with Crippen molar-refractivity contribution in [1.82, 2.24) is 15.1 Å². The van der Waals surface area contributed by atoms with E-state index in [9.17, 15) is 13.2 Å². The molecule has 2 aromatic rings. The van der Waals surface area contributed by atoms with Gasteiger partial charge in [0.05, 0.1) is 5.56 Å². The van der Waals surface area contributed by atoms with Crippen molar-refractivity contribution >= 4 is 0 Å². The molecule has 202 valence electrons. The van der Waals surface area contributed by atoms with Gasteiger partial charge in [0, 0.05) is 38.3 Å². The van der Waals surface area contributed by atoms with Gasteiger partial charge in [0.25, 0.3) is 0 Å². The number of piperazine rings is 1. The maximum atomic E-state index is 13.4. The SMILES string of the molecule is CCc1cc(CN2CCN(C3CC4(CCNCC4)C3)[C@H](c3ccccc3C(C)C)C2)ccc1C(F)(F)F. The maximum absolute atomic E-state index is 13.4. The van der Waals surface area contributed by atoms with Crippen molar-refractivity contribution in [2.75, 3.05) is 32.7 Å². The highest BCUT2D eigenvalue weighted by atomic mass is 19.4. The largest absolute Gasteiger partial charge is 0.416 e. The Kier molecular flexibility index (Phi) is 7.72. The molecule has 2 heterocycles. The van der Waals surface area contributed by atoms with Crippen LogP contribution in [0, 0.1) is 5.41 Å². The van der Waals surface area contributed by atoms with Crippen LogP contribution in [0.3, 0.4) is 0 Å². The first-order chi connectivity index (χ1) is 17.7. The van der Waals surface area contributed by atoms with Gasteiger partial charge in [0.2, 0.25) is 0 Å². The van der Waals surface area contributed by atoms with Crippen LogP contribution < -0.4 is 5.32 Å². The summed E-state index contributed by atoms with van der Waals surface area (Å²) in [6.45, 7) is 12.2. The molecule has 2 saturated heterocycles. The van der Waals surface area contributed by atoms with E-state index in [1.807, 2.05) is 0 Å². The molecule has 3 nitrogen and oxygen atoms in total. The fourth-order valence-electron chi connectivity index (χ4n) is 7.16. The third-order valence-corrected chi connectivity index (χ3v) is 9.22. The molecule has 1 saturated carbocycles. The lowest BCUT2D eigenvalue weighted by Crippen LogP contribution is -2.59. The van der Waals surface area contributed by atoms with Crippen LogP contribution in [0.2, 0.25) is 0 Å². The summed E-state index contributed by atoms with van der Waals surface area (Å²) in [5.74, 6) is 0.451. The summed E-state index contributed by atoms with van der Waals surface area (Å²) in [4.78, 5) is 5.23. The van der Waals surface area contributed by atoms with Crippen LogP contribution in [0.4, 0.5) is 13.2 Å². The highest BCUT2D eigenvalue weighted by Crippen LogP contribution is 2.52. The Balaban J connectivity index is 1.37. The van der Waals surface area contributed by atoms with Crippen LogP contribution in [0.25, 0.3) is 0 Å². The summed E-state index contributed by atoms with van der Waals surface area (Å²) < 4.78 is 40.3. The van der Waals surface area contributed by atoms with Gasteiger partial charge in [0.1, 0.15) is 0 Å². The number of nitrogens with one attached hydrogen (secondary N) is 1. The Morgan fingerprint density at radius 2 is 1.76 bits per heavy atom. The third-order valence-electron chi connectivity index (χ3n) is 9.22. The minimum atomic E-state index is -4.30. The number of rotatable bonds is 6. The number of alkyl halides is 3. The standard InChI is InChI=1S/C31H42F3N3/c1-4-24-17-23(9-10-28(24)31(32,33)34)20-36-15-16-37(25-18-30(19-25)11-13-35-14-12-30)29(21-36)27-8-6-5-7-26(27)22(2)3/h5-10,17,22,25,29,35H,4,11-16,18-21H2,1-3H3/t29-/m0/s1. The summed E-state index contributed by atoms with van der Waals surface area (Å²) in [5.41, 5.74) is 4.25. The zero-order chi connectivity index (χ0) is 26.2. The molecule has 6 heteroatoms. The number of piperidine rings is 1. The summed E-state index contributed by atoms with van der Waals surface area (Å²) in [6.07, 6.45) is 1.28. The number of benzene rings is 2. The van der Waals surface area contributed by atoms with Gasteiger partial charge in [-0.15, -0.1) is 0 Å². The second kappa shape index (κ2) is 10.7. The Morgan fingerprint density at radius 3 is 2.43 bits per heavy atom. The van der Waals surface area contributed by atoms with Crippen molar-refractivity contribution in [2.45, 2.75) is 83.6 Å². The molecule has 3 fully saturated rings. The molecule has 0 bridgehead atoms. The van der Waals surface area contributed by atoms with E-state index < -0.39 is 11.7 Å². The van der Waals surface area contributed by atoms with Gasteiger partial charge in [0.15, 0.2) is 0 Å². The highest BCUT2D eigenvalue weighted by molar-refractivity contribution is 5.35. The molecule has 1 spiro atoms. The Hall–Kier alpha value is -1.89. The summed E-state index contributed by atoms with van der Waals surface area (Å²) in [5, 5.41) is 3.52. The van der Waals surface area contributed by atoms with Gasteiger partial charge >= 0.3 is 6.18 Å². The predicted octanol–water partition coefficient (Wildman–Crippen LogP) is 6.78. The molecule has 0 aromatic heterocycles. The normalized spacial score (nSPS) is 23.5. The number of halogens is 3. The third kappa shape index (κ3) is 5.62. The first kappa shape index (κ1) is 26.7. The van der Waals surface area contributed by atoms with Crippen LogP contribution in [-0.4, -0.2) is 48.6 Å². The van der Waals surface area contributed by atoms with E-state index in [0.29, 0.717) is 41.9 Å². The van der Waals surface area contributed by atoms with Gasteiger partial charge in [-0.2, -0.15) is 13.2 Å². The van der Waals surface area contributed by atoms with E-state index in [4.69, 9.17) is 0 Å². The molecular weight excluding hydrogens is 471 g/mol. The molecule has 1 N–H and O–H groups in total. The van der Waals surface area contributed by atoms with Gasteiger partial charge in [-0.1, -0.05) is 57.2 Å². The molecule has 0 amide bonds. The average Bonchev–Trinajstić information content (AvgIpc) is 2.87. The molecular formula is C31H42F3N3. The minimum Gasteiger partial charge on any atom is -0.317 e. The molecule has 2 aliphatic heterocycles. The van der Waals surface area contributed by atoms with Crippen molar-refractivity contribution in [2.24, 2.45) is 5.41 Å². The van der Waals surface area contributed by atoms with Crippen molar-refractivity contribution in [3.05, 3.63) is 70.3 Å². The van der Waals surface area contributed by atoms with Crippen molar-refractivity contribution < 1.29 is 13.2 Å². The molecule has 37 heavy (non-hydrogen) atoms. The molecule has 5 rings (SSSR count). The molecule has 0 radical (unpaired) electrons. The monoisotopic (exact) mass is 513 g/mol. The quantitative estimate of drug-likeness (QED) is 0.459. The molecule has 2 aromatic carbocycles. The summed E-state index contributed by atoms with van der Waals surface area (Å²) >= 11 is 0. The summed E-state index contributed by atoms with van der Waals surface area (Å²) in [6, 6.07) is 14.6. The van der Waals surface area contributed by atoms with Crippen LogP contribution in [0.5, 0.6) is 0 Å². The fourth-order valence-corrected chi connectivity index (χ4v) is 7.16. The lowest BCUT2D eigenvalue weighted by molar-refractivity contribution is -0.138. The second-order valence-electron chi connectivity index (χ2n) is 11.9. The number of aryl methyl sites for hydroxylation is 1. The van der Waals surface area contributed by atoms with E-state index in [-0.39, 0.29) is 0 Å². The van der Waals surface area contributed by atoms with Gasteiger partial charge < -0.3 is 5.32 Å². The topological polar surface area (TPSA) is 18.5 Å². The zero-order valence-electron chi connectivity index (χ0n) is 22.6. The highest BCUT2D eigenvalue weighted by Gasteiger charge is 2.49. The lowest BCUT2D eigenvalue weighted by Gasteiger charge is -2.57. The maximum Gasteiger partial charge on any atom is 0.416 e. The van der Waals surface area contributed by atoms with Gasteiger partial charge in [-0.3, -0.25) is 9.80 Å². The van der Waals surface area contributed by atoms with E-state index in [1.54, 1.807) is 19.1 Å². The number of hydrogen-bond acceptors (Lipinski definition) is 3. The predicted molar refractivity (Wildman–Crippen MR) is 144 cm³/mol. The molecule has 0 unspecified atom stereocenters. The van der Waals surface area contributed by atoms with E-state index in [1.165, 1.54) is 42.9 Å². The van der Waals surface area contributed by atoms with Gasteiger partial charge in [-0.05, 0) is 84.8 Å². The van der Waals surface area contributed by atoms with E-state index in [0.717, 1.165) is 38.3 Å². The van der Waals surface area contributed by atoms with Crippen LogP contribution in [0.15, 0.2) is 42.5 Å². The first-order valence-electron chi connectivity index (χ1n) is 14.2. The molecule has 3 aliphatic rings. The van der Waals surface area contributed by atoms with Gasteiger partial charge in [-0.25, -0.2) is 0 Å². The smallest absolute Gasteiger partial charge is 0.317 e. The Labute approximate surface area is 220 Å². The lowest BCUT2D eigenvalue weighted by atomic mass is 9.60.